The van der Waals surface area contributed by atoms with Crippen LogP contribution in [0.5, 0.6) is 0 Å². The van der Waals surface area contributed by atoms with Crippen molar-refractivity contribution in [2.45, 2.75) is 45.4 Å². The third kappa shape index (κ3) is 1.33. The summed E-state index contributed by atoms with van der Waals surface area (Å²) in [6, 6.07) is 0. The SMILES string of the molecule is CC(=O)C=C1CC2(CCCC2)C1. The van der Waals surface area contributed by atoms with Crippen molar-refractivity contribution in [1.82, 2.24) is 0 Å². The van der Waals surface area contributed by atoms with Gasteiger partial charge in [0.05, 0.1) is 0 Å². The first-order valence-corrected chi connectivity index (χ1v) is 4.90. The molecule has 0 heterocycles. The molecule has 0 bridgehead atoms. The van der Waals surface area contributed by atoms with E-state index in [1.54, 1.807) is 6.92 Å². The molecule has 66 valence electrons. The van der Waals surface area contributed by atoms with Crippen molar-refractivity contribution in [2.24, 2.45) is 5.41 Å². The van der Waals surface area contributed by atoms with Crippen LogP contribution in [0.15, 0.2) is 11.6 Å². The molecule has 0 radical (unpaired) electrons. The summed E-state index contributed by atoms with van der Waals surface area (Å²) >= 11 is 0. The number of rotatable bonds is 1. The highest BCUT2D eigenvalue weighted by Crippen LogP contribution is 2.55. The molecule has 2 aliphatic rings. The molecule has 2 rings (SSSR count). The maximum absolute atomic E-state index is 10.8. The molecule has 2 fully saturated rings. The van der Waals surface area contributed by atoms with E-state index >= 15 is 0 Å². The summed E-state index contributed by atoms with van der Waals surface area (Å²) in [5, 5.41) is 0. The lowest BCUT2D eigenvalue weighted by atomic mass is 9.64. The maximum atomic E-state index is 10.8. The predicted octanol–water partition coefficient (Wildman–Crippen LogP) is 2.86. The number of allylic oxidation sites excluding steroid dienone is 2. The van der Waals surface area contributed by atoms with Crippen LogP contribution in [-0.2, 0) is 4.79 Å². The first kappa shape index (κ1) is 8.03. The fourth-order valence-electron chi connectivity index (χ4n) is 2.78. The summed E-state index contributed by atoms with van der Waals surface area (Å²) in [4.78, 5) is 10.8. The predicted molar refractivity (Wildman–Crippen MR) is 48.9 cm³/mol. The minimum absolute atomic E-state index is 0.220. The van der Waals surface area contributed by atoms with Crippen LogP contribution >= 0.6 is 0 Å². The van der Waals surface area contributed by atoms with Gasteiger partial charge in [0.15, 0.2) is 5.78 Å². The Morgan fingerprint density at radius 3 is 2.42 bits per heavy atom. The van der Waals surface area contributed by atoms with Crippen LogP contribution in [0.3, 0.4) is 0 Å². The molecule has 0 atom stereocenters. The van der Waals surface area contributed by atoms with Crippen molar-refractivity contribution in [3.63, 3.8) is 0 Å². The molecule has 1 heteroatoms. The third-order valence-corrected chi connectivity index (χ3v) is 3.28. The highest BCUT2D eigenvalue weighted by Gasteiger charge is 2.42. The quantitative estimate of drug-likeness (QED) is 0.545. The van der Waals surface area contributed by atoms with Crippen molar-refractivity contribution < 1.29 is 4.79 Å². The molecule has 1 spiro atoms. The van der Waals surface area contributed by atoms with Crippen LogP contribution in [0.4, 0.5) is 0 Å². The molecule has 0 saturated heterocycles. The van der Waals surface area contributed by atoms with E-state index in [9.17, 15) is 4.79 Å². The lowest BCUT2D eigenvalue weighted by molar-refractivity contribution is -0.112. The molecule has 2 saturated carbocycles. The van der Waals surface area contributed by atoms with Crippen LogP contribution in [0.2, 0.25) is 0 Å². The minimum atomic E-state index is 0.220. The minimum Gasteiger partial charge on any atom is -0.295 e. The summed E-state index contributed by atoms with van der Waals surface area (Å²) in [7, 11) is 0. The molecule has 0 N–H and O–H groups in total. The Morgan fingerprint density at radius 2 is 1.92 bits per heavy atom. The molecule has 2 aliphatic carbocycles. The Bertz CT molecular complexity index is 221. The van der Waals surface area contributed by atoms with Gasteiger partial charge < -0.3 is 0 Å². The zero-order chi connectivity index (χ0) is 8.60. The Balaban J connectivity index is 1.94. The van der Waals surface area contributed by atoms with Gasteiger partial charge in [0, 0.05) is 0 Å². The van der Waals surface area contributed by atoms with Crippen molar-refractivity contribution in [3.05, 3.63) is 11.6 Å². The van der Waals surface area contributed by atoms with E-state index in [1.807, 2.05) is 6.08 Å². The zero-order valence-corrected chi connectivity index (χ0v) is 7.73. The van der Waals surface area contributed by atoms with Gasteiger partial charge in [0.2, 0.25) is 0 Å². The number of carbonyl (C=O) groups excluding carboxylic acids is 1. The lowest BCUT2D eigenvalue weighted by Gasteiger charge is -2.40. The van der Waals surface area contributed by atoms with Crippen LogP contribution in [0.25, 0.3) is 0 Å². The molecular formula is C11H16O. The van der Waals surface area contributed by atoms with Gasteiger partial charge in [0.25, 0.3) is 0 Å². The van der Waals surface area contributed by atoms with Gasteiger partial charge in [-0.25, -0.2) is 0 Å². The van der Waals surface area contributed by atoms with E-state index in [1.165, 1.54) is 44.1 Å². The largest absolute Gasteiger partial charge is 0.295 e. The third-order valence-electron chi connectivity index (χ3n) is 3.28. The Morgan fingerprint density at radius 1 is 1.33 bits per heavy atom. The van der Waals surface area contributed by atoms with Gasteiger partial charge in [-0.05, 0) is 44.1 Å². The molecule has 0 aromatic rings. The van der Waals surface area contributed by atoms with Gasteiger partial charge in [0.1, 0.15) is 0 Å². The second kappa shape index (κ2) is 2.72. The zero-order valence-electron chi connectivity index (χ0n) is 7.73. The second-order valence-corrected chi connectivity index (χ2v) is 4.47. The first-order valence-electron chi connectivity index (χ1n) is 4.90. The van der Waals surface area contributed by atoms with E-state index < -0.39 is 0 Å². The molecule has 0 aliphatic heterocycles. The maximum Gasteiger partial charge on any atom is 0.152 e. The van der Waals surface area contributed by atoms with Gasteiger partial charge in [-0.2, -0.15) is 0 Å². The fourth-order valence-corrected chi connectivity index (χ4v) is 2.78. The molecule has 0 aromatic heterocycles. The standard InChI is InChI=1S/C11H16O/c1-9(12)6-10-7-11(8-10)4-2-3-5-11/h6H,2-5,7-8H2,1H3. The van der Waals surface area contributed by atoms with Crippen molar-refractivity contribution in [3.8, 4) is 0 Å². The van der Waals surface area contributed by atoms with Gasteiger partial charge >= 0.3 is 0 Å². The molecule has 1 nitrogen and oxygen atoms in total. The molecule has 12 heavy (non-hydrogen) atoms. The van der Waals surface area contributed by atoms with E-state index in [0.717, 1.165) is 0 Å². The number of hydrogen-bond acceptors (Lipinski definition) is 1. The van der Waals surface area contributed by atoms with Gasteiger partial charge in [-0.3, -0.25) is 4.79 Å². The first-order chi connectivity index (χ1) is 5.70. The van der Waals surface area contributed by atoms with Gasteiger partial charge in [-0.15, -0.1) is 0 Å². The van der Waals surface area contributed by atoms with E-state index in [2.05, 4.69) is 0 Å². The van der Waals surface area contributed by atoms with Crippen LogP contribution in [0.1, 0.15) is 45.4 Å². The lowest BCUT2D eigenvalue weighted by Crippen LogP contribution is -2.28. The van der Waals surface area contributed by atoms with Crippen molar-refractivity contribution in [2.75, 3.05) is 0 Å². The highest BCUT2D eigenvalue weighted by molar-refractivity contribution is 5.88. The smallest absolute Gasteiger partial charge is 0.152 e. The molecule has 0 amide bonds. The van der Waals surface area contributed by atoms with Crippen LogP contribution in [-0.4, -0.2) is 5.78 Å². The van der Waals surface area contributed by atoms with Gasteiger partial charge in [-0.1, -0.05) is 18.4 Å². The van der Waals surface area contributed by atoms with E-state index in [0.29, 0.717) is 5.41 Å². The average Bonchev–Trinajstić information content (AvgIpc) is 2.33. The monoisotopic (exact) mass is 164 g/mol. The Kier molecular flexibility index (Phi) is 1.82. The topological polar surface area (TPSA) is 17.1 Å². The Hall–Kier alpha value is -0.590. The normalized spacial score (nSPS) is 25.6. The van der Waals surface area contributed by atoms with Crippen molar-refractivity contribution >= 4 is 5.78 Å². The second-order valence-electron chi connectivity index (χ2n) is 4.47. The number of hydrogen-bond donors (Lipinski definition) is 0. The van der Waals surface area contributed by atoms with E-state index in [4.69, 9.17) is 0 Å². The molecular weight excluding hydrogens is 148 g/mol. The highest BCUT2D eigenvalue weighted by atomic mass is 16.1. The summed E-state index contributed by atoms with van der Waals surface area (Å²) in [6.45, 7) is 1.65. The molecule has 0 unspecified atom stereocenters. The summed E-state index contributed by atoms with van der Waals surface area (Å²) in [5.41, 5.74) is 2.05. The summed E-state index contributed by atoms with van der Waals surface area (Å²) in [5.74, 6) is 0.220. The summed E-state index contributed by atoms with van der Waals surface area (Å²) < 4.78 is 0. The fraction of sp³-hybridized carbons (Fsp3) is 0.727. The average molecular weight is 164 g/mol. The molecule has 0 aromatic carbocycles. The number of ketones is 1. The van der Waals surface area contributed by atoms with E-state index in [-0.39, 0.29) is 5.78 Å². The van der Waals surface area contributed by atoms with Crippen molar-refractivity contribution in [1.29, 1.82) is 0 Å². The number of carbonyl (C=O) groups is 1. The Labute approximate surface area is 73.8 Å². The van der Waals surface area contributed by atoms with Crippen LogP contribution in [0, 0.1) is 5.41 Å². The summed E-state index contributed by atoms with van der Waals surface area (Å²) in [6.07, 6.45) is 9.90. The van der Waals surface area contributed by atoms with Crippen LogP contribution < -0.4 is 0 Å².